The van der Waals surface area contributed by atoms with E-state index in [4.69, 9.17) is 9.47 Å². The van der Waals surface area contributed by atoms with Crippen molar-refractivity contribution in [3.05, 3.63) is 59.2 Å². The van der Waals surface area contributed by atoms with Crippen LogP contribution in [0.2, 0.25) is 0 Å². The van der Waals surface area contributed by atoms with Crippen LogP contribution in [0.3, 0.4) is 0 Å². The van der Waals surface area contributed by atoms with Crippen LogP contribution in [0.1, 0.15) is 63.0 Å². The lowest BCUT2D eigenvalue weighted by Gasteiger charge is -2.26. The summed E-state index contributed by atoms with van der Waals surface area (Å²) in [6.45, 7) is 14.0. The SMILES string of the molecule is CNc1ccc(C(=O)/C=C/c2cc(C)c(OC(C)(C)C)cc2OC(C)(C)C)cc1. The number of benzene rings is 2. The van der Waals surface area contributed by atoms with E-state index in [1.807, 2.05) is 98.0 Å². The molecule has 156 valence electrons. The summed E-state index contributed by atoms with van der Waals surface area (Å²) >= 11 is 0. The largest absolute Gasteiger partial charge is 0.488 e. The molecule has 0 aliphatic carbocycles. The first kappa shape index (κ1) is 22.5. The van der Waals surface area contributed by atoms with Crippen LogP contribution in [-0.4, -0.2) is 24.0 Å². The molecule has 2 rings (SSSR count). The van der Waals surface area contributed by atoms with E-state index >= 15 is 0 Å². The summed E-state index contributed by atoms with van der Waals surface area (Å²) in [6, 6.07) is 11.3. The van der Waals surface area contributed by atoms with E-state index in [9.17, 15) is 4.79 Å². The van der Waals surface area contributed by atoms with Crippen LogP contribution in [0.25, 0.3) is 6.08 Å². The van der Waals surface area contributed by atoms with Gasteiger partial charge in [0.2, 0.25) is 0 Å². The van der Waals surface area contributed by atoms with Gasteiger partial charge in [-0.05, 0) is 96.5 Å². The highest BCUT2D eigenvalue weighted by molar-refractivity contribution is 6.07. The first-order chi connectivity index (χ1) is 13.4. The lowest BCUT2D eigenvalue weighted by Crippen LogP contribution is -2.25. The third kappa shape index (κ3) is 6.97. The maximum atomic E-state index is 12.6. The lowest BCUT2D eigenvalue weighted by molar-refractivity contribution is 0.104. The summed E-state index contributed by atoms with van der Waals surface area (Å²) in [4.78, 5) is 12.6. The maximum absolute atomic E-state index is 12.6. The van der Waals surface area contributed by atoms with Crippen LogP contribution in [0.4, 0.5) is 5.69 Å². The molecule has 0 saturated heterocycles. The van der Waals surface area contributed by atoms with Gasteiger partial charge in [0.25, 0.3) is 0 Å². The first-order valence-electron chi connectivity index (χ1n) is 9.91. The summed E-state index contributed by atoms with van der Waals surface area (Å²) in [5, 5.41) is 3.05. The van der Waals surface area contributed by atoms with Crippen molar-refractivity contribution in [2.24, 2.45) is 0 Å². The van der Waals surface area contributed by atoms with Crippen molar-refractivity contribution in [3.8, 4) is 11.5 Å². The highest BCUT2D eigenvalue weighted by atomic mass is 16.5. The number of ketones is 1. The Labute approximate surface area is 174 Å². The number of ether oxygens (including phenoxy) is 2. The van der Waals surface area contributed by atoms with Crippen molar-refractivity contribution in [2.75, 3.05) is 12.4 Å². The van der Waals surface area contributed by atoms with Gasteiger partial charge in [-0.25, -0.2) is 0 Å². The predicted molar refractivity (Wildman–Crippen MR) is 121 cm³/mol. The molecule has 0 fully saturated rings. The molecule has 0 amide bonds. The Morgan fingerprint density at radius 2 is 1.45 bits per heavy atom. The molecule has 2 aromatic carbocycles. The number of aryl methyl sites for hydroxylation is 1. The lowest BCUT2D eigenvalue weighted by atomic mass is 10.0. The van der Waals surface area contributed by atoms with E-state index in [1.165, 1.54) is 0 Å². The van der Waals surface area contributed by atoms with E-state index in [0.717, 1.165) is 22.6 Å². The van der Waals surface area contributed by atoms with Crippen molar-refractivity contribution in [1.29, 1.82) is 0 Å². The van der Waals surface area contributed by atoms with Crippen LogP contribution >= 0.6 is 0 Å². The number of nitrogens with one attached hydrogen (secondary N) is 1. The van der Waals surface area contributed by atoms with Gasteiger partial charge in [-0.3, -0.25) is 4.79 Å². The van der Waals surface area contributed by atoms with Gasteiger partial charge >= 0.3 is 0 Å². The van der Waals surface area contributed by atoms with Gasteiger partial charge in [0, 0.05) is 29.9 Å². The minimum Gasteiger partial charge on any atom is -0.488 e. The van der Waals surface area contributed by atoms with Crippen molar-refractivity contribution in [2.45, 2.75) is 59.7 Å². The molecule has 0 aliphatic rings. The average Bonchev–Trinajstić information content (AvgIpc) is 2.60. The van der Waals surface area contributed by atoms with E-state index in [2.05, 4.69) is 5.32 Å². The number of carbonyl (C=O) groups excluding carboxylic acids is 1. The van der Waals surface area contributed by atoms with Crippen LogP contribution in [-0.2, 0) is 0 Å². The van der Waals surface area contributed by atoms with Gasteiger partial charge in [0.15, 0.2) is 5.78 Å². The van der Waals surface area contributed by atoms with E-state index in [0.29, 0.717) is 11.3 Å². The van der Waals surface area contributed by atoms with E-state index < -0.39 is 0 Å². The molecule has 2 aromatic rings. The van der Waals surface area contributed by atoms with Crippen molar-refractivity contribution < 1.29 is 14.3 Å². The molecule has 0 spiro atoms. The summed E-state index contributed by atoms with van der Waals surface area (Å²) in [7, 11) is 1.85. The van der Waals surface area contributed by atoms with Gasteiger partial charge in [0.05, 0.1) is 0 Å². The first-order valence-corrected chi connectivity index (χ1v) is 9.91. The zero-order valence-corrected chi connectivity index (χ0v) is 18.8. The number of rotatable bonds is 6. The Bertz CT molecular complexity index is 882. The fourth-order valence-corrected chi connectivity index (χ4v) is 2.74. The summed E-state index contributed by atoms with van der Waals surface area (Å²) < 4.78 is 12.2. The molecule has 1 N–H and O–H groups in total. The standard InChI is InChI=1S/C25H33NO3/c1-17-15-19(11-14-21(27)18-9-12-20(26-8)13-10-18)23(29-25(5,6)7)16-22(17)28-24(2,3)4/h9-16,26H,1-8H3/b14-11+. The number of anilines is 1. The molecular weight excluding hydrogens is 362 g/mol. The highest BCUT2D eigenvalue weighted by Crippen LogP contribution is 2.34. The molecule has 4 nitrogen and oxygen atoms in total. The quantitative estimate of drug-likeness (QED) is 0.461. The van der Waals surface area contributed by atoms with Crippen molar-refractivity contribution >= 4 is 17.5 Å². The monoisotopic (exact) mass is 395 g/mol. The smallest absolute Gasteiger partial charge is 0.185 e. The second-order valence-corrected chi connectivity index (χ2v) is 9.11. The van der Waals surface area contributed by atoms with Gasteiger partial charge in [-0.15, -0.1) is 0 Å². The molecule has 0 aliphatic heterocycles. The molecule has 0 aromatic heterocycles. The molecule has 29 heavy (non-hydrogen) atoms. The van der Waals surface area contributed by atoms with E-state index in [-0.39, 0.29) is 17.0 Å². The Morgan fingerprint density at radius 3 is 1.97 bits per heavy atom. The third-order valence-corrected chi connectivity index (χ3v) is 4.01. The topological polar surface area (TPSA) is 47.6 Å². The summed E-state index contributed by atoms with van der Waals surface area (Å²) in [5.41, 5.74) is 2.77. The van der Waals surface area contributed by atoms with Crippen molar-refractivity contribution in [3.63, 3.8) is 0 Å². The molecule has 0 radical (unpaired) electrons. The molecule has 0 saturated carbocycles. The number of hydrogen-bond donors (Lipinski definition) is 1. The minimum absolute atomic E-state index is 0.0537. The zero-order chi connectivity index (χ0) is 21.8. The molecule has 4 heteroatoms. The third-order valence-electron chi connectivity index (χ3n) is 4.01. The normalized spacial score (nSPS) is 12.1. The van der Waals surface area contributed by atoms with Crippen LogP contribution in [0.15, 0.2) is 42.5 Å². The Balaban J connectivity index is 2.37. The predicted octanol–water partition coefficient (Wildman–Crippen LogP) is 6.29. The number of hydrogen-bond acceptors (Lipinski definition) is 4. The van der Waals surface area contributed by atoms with Gasteiger partial charge < -0.3 is 14.8 Å². The molecule has 0 unspecified atom stereocenters. The Morgan fingerprint density at radius 1 is 0.897 bits per heavy atom. The Kier molecular flexibility index (Phi) is 6.78. The minimum atomic E-state index is -0.371. The van der Waals surface area contributed by atoms with Crippen LogP contribution in [0, 0.1) is 6.92 Å². The summed E-state index contributed by atoms with van der Waals surface area (Å²) in [6.07, 6.45) is 3.40. The van der Waals surface area contributed by atoms with Crippen molar-refractivity contribution in [1.82, 2.24) is 0 Å². The molecule has 0 bridgehead atoms. The Hall–Kier alpha value is -2.75. The van der Waals surface area contributed by atoms with Gasteiger partial charge in [-0.1, -0.05) is 0 Å². The number of carbonyl (C=O) groups is 1. The molecule has 0 heterocycles. The molecular formula is C25H33NO3. The summed E-state index contributed by atoms with van der Waals surface area (Å²) in [5.74, 6) is 1.42. The zero-order valence-electron chi connectivity index (χ0n) is 18.8. The molecule has 0 atom stereocenters. The van der Waals surface area contributed by atoms with Crippen LogP contribution in [0.5, 0.6) is 11.5 Å². The fraction of sp³-hybridized carbons (Fsp3) is 0.400. The number of allylic oxidation sites excluding steroid dienone is 1. The second kappa shape index (κ2) is 8.73. The highest BCUT2D eigenvalue weighted by Gasteiger charge is 2.19. The van der Waals surface area contributed by atoms with E-state index in [1.54, 1.807) is 6.08 Å². The maximum Gasteiger partial charge on any atom is 0.185 e. The second-order valence-electron chi connectivity index (χ2n) is 9.11. The van der Waals surface area contributed by atoms with Crippen LogP contribution < -0.4 is 14.8 Å². The van der Waals surface area contributed by atoms with Gasteiger partial charge in [-0.2, -0.15) is 0 Å². The van der Waals surface area contributed by atoms with Gasteiger partial charge in [0.1, 0.15) is 22.7 Å². The fourth-order valence-electron chi connectivity index (χ4n) is 2.74. The average molecular weight is 396 g/mol.